The second-order valence-electron chi connectivity index (χ2n) is 6.15. The molecule has 1 aliphatic carbocycles. The van der Waals surface area contributed by atoms with E-state index < -0.39 is 0 Å². The molecule has 3 atom stereocenters. The monoisotopic (exact) mass is 277 g/mol. The molecule has 5 nitrogen and oxygen atoms in total. The minimum absolute atomic E-state index is 0.0193. The molecule has 1 N–H and O–H groups in total. The normalized spacial score (nSPS) is 30.7. The van der Waals surface area contributed by atoms with Crippen LogP contribution in [0.15, 0.2) is 12.5 Å². The Hall–Kier alpha value is -1.36. The van der Waals surface area contributed by atoms with Crippen LogP contribution in [0.2, 0.25) is 0 Å². The Morgan fingerprint density at radius 3 is 2.80 bits per heavy atom. The van der Waals surface area contributed by atoms with Crippen molar-refractivity contribution < 1.29 is 9.90 Å². The number of hydrogen-bond donors (Lipinski definition) is 1. The van der Waals surface area contributed by atoms with Crippen LogP contribution in [0.3, 0.4) is 0 Å². The van der Waals surface area contributed by atoms with Crippen LogP contribution in [0.25, 0.3) is 0 Å². The highest BCUT2D eigenvalue weighted by atomic mass is 16.3. The number of hydrogen-bond acceptors (Lipinski definition) is 3. The average molecular weight is 277 g/mol. The molecule has 20 heavy (non-hydrogen) atoms. The lowest BCUT2D eigenvalue weighted by molar-refractivity contribution is 0.0209. The highest BCUT2D eigenvalue weighted by molar-refractivity contribution is 5.92. The van der Waals surface area contributed by atoms with E-state index in [0.717, 1.165) is 38.6 Å². The zero-order chi connectivity index (χ0) is 14.1. The van der Waals surface area contributed by atoms with Crippen molar-refractivity contribution in [3.05, 3.63) is 18.2 Å². The Kier molecular flexibility index (Phi) is 3.78. The topological polar surface area (TPSA) is 58.4 Å². The average Bonchev–Trinajstić information content (AvgIpc) is 3.07. The van der Waals surface area contributed by atoms with Crippen LogP contribution >= 0.6 is 0 Å². The van der Waals surface area contributed by atoms with Gasteiger partial charge in [-0.1, -0.05) is 12.8 Å². The Morgan fingerprint density at radius 2 is 2.10 bits per heavy atom. The standard InChI is InChI=1S/C15H23N3O2/c1-17-9-12(16-10-17)15(20)18-8-4-6-13(18)11-5-2-3-7-14(11)19/h9-11,13-14,19H,2-8H2,1H3. The lowest BCUT2D eigenvalue weighted by Gasteiger charge is -2.37. The quantitative estimate of drug-likeness (QED) is 0.893. The summed E-state index contributed by atoms with van der Waals surface area (Å²) in [6.07, 6.45) is 9.44. The molecule has 5 heteroatoms. The van der Waals surface area contributed by atoms with E-state index in [4.69, 9.17) is 0 Å². The first-order valence-electron chi connectivity index (χ1n) is 7.64. The minimum atomic E-state index is -0.245. The number of likely N-dealkylation sites (tertiary alicyclic amines) is 1. The third-order valence-electron chi connectivity index (χ3n) is 4.76. The molecular weight excluding hydrogens is 254 g/mol. The highest BCUT2D eigenvalue weighted by Crippen LogP contribution is 2.35. The fourth-order valence-corrected chi connectivity index (χ4v) is 3.75. The second kappa shape index (κ2) is 5.56. The van der Waals surface area contributed by atoms with Gasteiger partial charge in [0.1, 0.15) is 5.69 Å². The van der Waals surface area contributed by atoms with Gasteiger partial charge in [0.2, 0.25) is 0 Å². The van der Waals surface area contributed by atoms with Gasteiger partial charge in [0.05, 0.1) is 12.4 Å². The molecule has 0 bridgehead atoms. The van der Waals surface area contributed by atoms with E-state index in [2.05, 4.69) is 4.98 Å². The van der Waals surface area contributed by atoms with E-state index in [9.17, 15) is 9.90 Å². The third kappa shape index (κ3) is 2.46. The van der Waals surface area contributed by atoms with Gasteiger partial charge >= 0.3 is 0 Å². The van der Waals surface area contributed by atoms with Crippen molar-refractivity contribution in [2.45, 2.75) is 50.7 Å². The first-order valence-corrected chi connectivity index (χ1v) is 7.64. The van der Waals surface area contributed by atoms with Crippen LogP contribution in [-0.4, -0.2) is 44.2 Å². The molecule has 3 rings (SSSR count). The number of aliphatic hydroxyl groups excluding tert-OH is 1. The molecule has 1 aromatic rings. The number of amides is 1. The van der Waals surface area contributed by atoms with Gasteiger partial charge in [-0.3, -0.25) is 4.79 Å². The number of carbonyl (C=O) groups is 1. The summed E-state index contributed by atoms with van der Waals surface area (Å²) in [5.74, 6) is 0.268. The van der Waals surface area contributed by atoms with Crippen molar-refractivity contribution in [1.29, 1.82) is 0 Å². The van der Waals surface area contributed by atoms with Crippen LogP contribution in [-0.2, 0) is 7.05 Å². The molecule has 1 saturated heterocycles. The van der Waals surface area contributed by atoms with Gasteiger partial charge in [-0.2, -0.15) is 0 Å². The van der Waals surface area contributed by atoms with Crippen LogP contribution in [0.1, 0.15) is 49.0 Å². The largest absolute Gasteiger partial charge is 0.393 e. The van der Waals surface area contributed by atoms with Crippen LogP contribution in [0.4, 0.5) is 0 Å². The lowest BCUT2D eigenvalue weighted by atomic mass is 9.80. The fourth-order valence-electron chi connectivity index (χ4n) is 3.75. The van der Waals surface area contributed by atoms with Crippen molar-refractivity contribution in [3.8, 4) is 0 Å². The fraction of sp³-hybridized carbons (Fsp3) is 0.733. The second-order valence-corrected chi connectivity index (χ2v) is 6.15. The smallest absolute Gasteiger partial charge is 0.274 e. The summed E-state index contributed by atoms with van der Waals surface area (Å²) >= 11 is 0. The van der Waals surface area contributed by atoms with Crippen LogP contribution in [0.5, 0.6) is 0 Å². The van der Waals surface area contributed by atoms with E-state index in [-0.39, 0.29) is 24.0 Å². The van der Waals surface area contributed by atoms with Crippen molar-refractivity contribution in [3.63, 3.8) is 0 Å². The first kappa shape index (κ1) is 13.6. The summed E-state index contributed by atoms with van der Waals surface area (Å²) in [5.41, 5.74) is 0.518. The number of aromatic nitrogens is 2. The molecule has 0 aromatic carbocycles. The van der Waals surface area contributed by atoms with E-state index >= 15 is 0 Å². The maximum atomic E-state index is 12.6. The summed E-state index contributed by atoms with van der Waals surface area (Å²) in [6, 6.07) is 0.194. The van der Waals surface area contributed by atoms with Gasteiger partial charge in [0, 0.05) is 31.7 Å². The Labute approximate surface area is 119 Å². The van der Waals surface area contributed by atoms with Crippen LogP contribution < -0.4 is 0 Å². The number of nitrogens with zero attached hydrogens (tertiary/aromatic N) is 3. The summed E-state index contributed by atoms with van der Waals surface area (Å²) in [7, 11) is 1.87. The van der Waals surface area contributed by atoms with Gasteiger partial charge in [-0.05, 0) is 25.7 Å². The summed E-state index contributed by atoms with van der Waals surface area (Å²) < 4.78 is 1.80. The lowest BCUT2D eigenvalue weighted by Crippen LogP contribution is -2.45. The Balaban J connectivity index is 1.76. The SMILES string of the molecule is Cn1cnc(C(=O)N2CCCC2C2CCCCC2O)c1. The summed E-state index contributed by atoms with van der Waals surface area (Å²) in [6.45, 7) is 0.795. The maximum absolute atomic E-state index is 12.6. The van der Waals surface area contributed by atoms with Crippen molar-refractivity contribution >= 4 is 5.91 Å². The number of rotatable bonds is 2. The molecule has 2 aliphatic rings. The van der Waals surface area contributed by atoms with E-state index in [1.165, 1.54) is 6.42 Å². The molecule has 2 heterocycles. The van der Waals surface area contributed by atoms with Gasteiger partial charge in [0.15, 0.2) is 0 Å². The molecule has 1 aromatic heterocycles. The summed E-state index contributed by atoms with van der Waals surface area (Å²) in [5, 5.41) is 10.2. The van der Waals surface area contributed by atoms with Gasteiger partial charge in [-0.25, -0.2) is 4.98 Å². The summed E-state index contributed by atoms with van der Waals surface area (Å²) in [4.78, 5) is 18.7. The van der Waals surface area contributed by atoms with Crippen molar-refractivity contribution in [2.75, 3.05) is 6.54 Å². The van der Waals surface area contributed by atoms with Gasteiger partial charge < -0.3 is 14.6 Å². The number of aliphatic hydroxyl groups is 1. The van der Waals surface area contributed by atoms with E-state index in [0.29, 0.717) is 5.69 Å². The van der Waals surface area contributed by atoms with Gasteiger partial charge in [0.25, 0.3) is 5.91 Å². The molecule has 1 saturated carbocycles. The number of carbonyl (C=O) groups excluding carboxylic acids is 1. The van der Waals surface area contributed by atoms with Crippen LogP contribution in [0, 0.1) is 5.92 Å². The highest BCUT2D eigenvalue weighted by Gasteiger charge is 2.39. The molecule has 0 spiro atoms. The molecule has 1 aliphatic heterocycles. The molecule has 110 valence electrons. The zero-order valence-electron chi connectivity index (χ0n) is 12.0. The van der Waals surface area contributed by atoms with Crippen molar-refractivity contribution in [1.82, 2.24) is 14.5 Å². The van der Waals surface area contributed by atoms with E-state index in [1.54, 1.807) is 17.1 Å². The van der Waals surface area contributed by atoms with Gasteiger partial charge in [-0.15, -0.1) is 0 Å². The Bertz CT molecular complexity index is 485. The molecule has 1 amide bonds. The molecular formula is C15H23N3O2. The Morgan fingerprint density at radius 1 is 1.30 bits per heavy atom. The first-order chi connectivity index (χ1) is 9.66. The number of imidazole rings is 1. The molecule has 2 fully saturated rings. The molecule has 3 unspecified atom stereocenters. The predicted molar refractivity (Wildman–Crippen MR) is 75.2 cm³/mol. The zero-order valence-corrected chi connectivity index (χ0v) is 12.0. The van der Waals surface area contributed by atoms with Crippen molar-refractivity contribution in [2.24, 2.45) is 13.0 Å². The third-order valence-corrected chi connectivity index (χ3v) is 4.76. The predicted octanol–water partition coefficient (Wildman–Crippen LogP) is 1.58. The van der Waals surface area contributed by atoms with E-state index in [1.807, 2.05) is 11.9 Å². The maximum Gasteiger partial charge on any atom is 0.274 e. The number of aryl methyl sites for hydroxylation is 1. The molecule has 0 radical (unpaired) electrons. The minimum Gasteiger partial charge on any atom is -0.393 e.